The summed E-state index contributed by atoms with van der Waals surface area (Å²) in [6, 6.07) is 0.713. The highest BCUT2D eigenvalue weighted by Gasteiger charge is 1.93. The minimum absolute atomic E-state index is 0.713. The maximum absolute atomic E-state index is 3.35. The number of hydrogen-bond donors (Lipinski definition) is 1. The first-order valence-electron chi connectivity index (χ1n) is 3.54. The monoisotopic (exact) mass is 115 g/mol. The molecule has 50 valence electrons. The van der Waals surface area contributed by atoms with Crippen molar-refractivity contribution in [1.29, 1.82) is 0 Å². The Hall–Kier alpha value is -0.0400. The van der Waals surface area contributed by atoms with Gasteiger partial charge in [-0.2, -0.15) is 0 Å². The fourth-order valence-corrected chi connectivity index (χ4v) is 0.884. The first-order chi connectivity index (χ1) is 3.81. The molecule has 0 aliphatic rings. The molecular weight excluding hydrogens is 98.1 g/mol. The molecule has 0 unspecified atom stereocenters. The third-order valence-electron chi connectivity index (χ3n) is 1.27. The molecule has 0 saturated carbocycles. The standard InChI is InChI=1S/C7H17N/c1-4-6-7(3)8-5-2/h7-8H,4-6H2,1-3H3/t7-/m0/s1. The van der Waals surface area contributed by atoms with Gasteiger partial charge >= 0.3 is 0 Å². The molecule has 0 aromatic heterocycles. The summed E-state index contributed by atoms with van der Waals surface area (Å²) in [6.07, 6.45) is 2.59. The minimum Gasteiger partial charge on any atom is -0.315 e. The van der Waals surface area contributed by atoms with E-state index in [1.54, 1.807) is 0 Å². The summed E-state index contributed by atoms with van der Waals surface area (Å²) < 4.78 is 0. The molecule has 0 radical (unpaired) electrons. The van der Waals surface area contributed by atoms with Gasteiger partial charge in [-0.05, 0) is 19.9 Å². The van der Waals surface area contributed by atoms with E-state index in [9.17, 15) is 0 Å². The Bertz CT molecular complexity index is 37.7. The van der Waals surface area contributed by atoms with Crippen LogP contribution in [-0.2, 0) is 0 Å². The van der Waals surface area contributed by atoms with Crippen LogP contribution < -0.4 is 5.32 Å². The SMILES string of the molecule is CCC[C@H](C)NCC. The second-order valence-electron chi connectivity index (χ2n) is 2.25. The molecule has 1 atom stereocenters. The van der Waals surface area contributed by atoms with Gasteiger partial charge in [0.1, 0.15) is 0 Å². The summed E-state index contributed by atoms with van der Waals surface area (Å²) in [5.74, 6) is 0. The van der Waals surface area contributed by atoms with Crippen molar-refractivity contribution in [2.75, 3.05) is 6.54 Å². The molecule has 1 N–H and O–H groups in total. The summed E-state index contributed by atoms with van der Waals surface area (Å²) in [4.78, 5) is 0. The Morgan fingerprint density at radius 1 is 1.38 bits per heavy atom. The van der Waals surface area contributed by atoms with E-state index in [-0.39, 0.29) is 0 Å². The van der Waals surface area contributed by atoms with Gasteiger partial charge in [0, 0.05) is 6.04 Å². The molecule has 0 aliphatic heterocycles. The highest BCUT2D eigenvalue weighted by molar-refractivity contribution is 4.55. The molecule has 0 aromatic carbocycles. The van der Waals surface area contributed by atoms with Crippen LogP contribution in [0.3, 0.4) is 0 Å². The second kappa shape index (κ2) is 5.10. The van der Waals surface area contributed by atoms with Crippen LogP contribution in [0.15, 0.2) is 0 Å². The van der Waals surface area contributed by atoms with Gasteiger partial charge in [-0.15, -0.1) is 0 Å². The molecule has 0 bridgehead atoms. The lowest BCUT2D eigenvalue weighted by Gasteiger charge is -2.08. The van der Waals surface area contributed by atoms with Crippen molar-refractivity contribution in [3.05, 3.63) is 0 Å². The zero-order chi connectivity index (χ0) is 6.41. The molecule has 0 amide bonds. The van der Waals surface area contributed by atoms with Gasteiger partial charge in [-0.1, -0.05) is 20.3 Å². The van der Waals surface area contributed by atoms with Crippen LogP contribution >= 0.6 is 0 Å². The lowest BCUT2D eigenvalue weighted by Crippen LogP contribution is -2.24. The number of rotatable bonds is 4. The van der Waals surface area contributed by atoms with Crippen molar-refractivity contribution in [3.8, 4) is 0 Å². The highest BCUT2D eigenvalue weighted by Crippen LogP contribution is 1.92. The molecule has 0 aromatic rings. The Kier molecular flexibility index (Phi) is 5.08. The van der Waals surface area contributed by atoms with Crippen molar-refractivity contribution in [3.63, 3.8) is 0 Å². The maximum Gasteiger partial charge on any atom is 0.00385 e. The molecule has 0 saturated heterocycles. The van der Waals surface area contributed by atoms with E-state index >= 15 is 0 Å². The predicted octanol–water partition coefficient (Wildman–Crippen LogP) is 1.78. The van der Waals surface area contributed by atoms with Crippen molar-refractivity contribution >= 4 is 0 Å². The summed E-state index contributed by atoms with van der Waals surface area (Å²) >= 11 is 0. The third kappa shape index (κ3) is 4.13. The summed E-state index contributed by atoms with van der Waals surface area (Å²) in [6.45, 7) is 7.69. The third-order valence-corrected chi connectivity index (χ3v) is 1.27. The molecule has 1 nitrogen and oxygen atoms in total. The van der Waals surface area contributed by atoms with E-state index in [0.29, 0.717) is 6.04 Å². The first kappa shape index (κ1) is 7.96. The first-order valence-corrected chi connectivity index (χ1v) is 3.54. The van der Waals surface area contributed by atoms with Crippen LogP contribution in [-0.4, -0.2) is 12.6 Å². The fraction of sp³-hybridized carbons (Fsp3) is 1.00. The van der Waals surface area contributed by atoms with Crippen molar-refractivity contribution < 1.29 is 0 Å². The molecular formula is C7H17N. The van der Waals surface area contributed by atoms with Crippen molar-refractivity contribution in [1.82, 2.24) is 5.32 Å². The van der Waals surface area contributed by atoms with Gasteiger partial charge in [-0.25, -0.2) is 0 Å². The van der Waals surface area contributed by atoms with E-state index in [1.165, 1.54) is 12.8 Å². The Balaban J connectivity index is 2.92. The lowest BCUT2D eigenvalue weighted by molar-refractivity contribution is 0.524. The maximum atomic E-state index is 3.35. The van der Waals surface area contributed by atoms with Gasteiger partial charge in [0.2, 0.25) is 0 Å². The molecule has 0 aliphatic carbocycles. The Labute approximate surface area is 52.5 Å². The van der Waals surface area contributed by atoms with Crippen LogP contribution in [0, 0.1) is 0 Å². The van der Waals surface area contributed by atoms with Crippen molar-refractivity contribution in [2.24, 2.45) is 0 Å². The van der Waals surface area contributed by atoms with Crippen LogP contribution in [0.5, 0.6) is 0 Å². The summed E-state index contributed by atoms with van der Waals surface area (Å²) in [5, 5.41) is 3.35. The van der Waals surface area contributed by atoms with Gasteiger partial charge in [0.05, 0.1) is 0 Å². The van der Waals surface area contributed by atoms with E-state index in [1.807, 2.05) is 0 Å². The number of hydrogen-bond acceptors (Lipinski definition) is 1. The minimum atomic E-state index is 0.713. The molecule has 1 heteroatoms. The Morgan fingerprint density at radius 2 is 2.00 bits per heavy atom. The van der Waals surface area contributed by atoms with Gasteiger partial charge in [0.25, 0.3) is 0 Å². The van der Waals surface area contributed by atoms with Crippen molar-refractivity contribution in [2.45, 2.75) is 39.7 Å². The lowest BCUT2D eigenvalue weighted by atomic mass is 10.2. The summed E-state index contributed by atoms with van der Waals surface area (Å²) in [7, 11) is 0. The molecule has 8 heavy (non-hydrogen) atoms. The molecule has 0 spiro atoms. The van der Waals surface area contributed by atoms with Crippen LogP contribution in [0.2, 0.25) is 0 Å². The molecule has 0 heterocycles. The van der Waals surface area contributed by atoms with Gasteiger partial charge in [0.15, 0.2) is 0 Å². The van der Waals surface area contributed by atoms with E-state index in [0.717, 1.165) is 6.54 Å². The van der Waals surface area contributed by atoms with Gasteiger partial charge < -0.3 is 5.32 Å². The quantitative estimate of drug-likeness (QED) is 0.589. The topological polar surface area (TPSA) is 12.0 Å². The second-order valence-corrected chi connectivity index (χ2v) is 2.25. The fourth-order valence-electron chi connectivity index (χ4n) is 0.884. The van der Waals surface area contributed by atoms with E-state index < -0.39 is 0 Å². The smallest absolute Gasteiger partial charge is 0.00385 e. The predicted molar refractivity (Wildman–Crippen MR) is 38.0 cm³/mol. The highest BCUT2D eigenvalue weighted by atomic mass is 14.9. The average molecular weight is 115 g/mol. The van der Waals surface area contributed by atoms with Crippen LogP contribution in [0.1, 0.15) is 33.6 Å². The Morgan fingerprint density at radius 3 is 2.38 bits per heavy atom. The van der Waals surface area contributed by atoms with E-state index in [2.05, 4.69) is 26.1 Å². The number of nitrogens with one attached hydrogen (secondary N) is 1. The van der Waals surface area contributed by atoms with Crippen LogP contribution in [0.25, 0.3) is 0 Å². The van der Waals surface area contributed by atoms with Crippen LogP contribution in [0.4, 0.5) is 0 Å². The average Bonchev–Trinajstić information content (AvgIpc) is 1.68. The van der Waals surface area contributed by atoms with Gasteiger partial charge in [-0.3, -0.25) is 0 Å². The van der Waals surface area contributed by atoms with E-state index in [4.69, 9.17) is 0 Å². The largest absolute Gasteiger partial charge is 0.315 e. The zero-order valence-electron chi connectivity index (χ0n) is 6.20. The zero-order valence-corrected chi connectivity index (χ0v) is 6.20. The normalized spacial score (nSPS) is 13.9. The molecule has 0 rings (SSSR count). The molecule has 0 fully saturated rings. The summed E-state index contributed by atoms with van der Waals surface area (Å²) in [5.41, 5.74) is 0.